The van der Waals surface area contributed by atoms with E-state index in [1.807, 2.05) is 17.1 Å². The first-order valence-corrected chi connectivity index (χ1v) is 14.1. The number of piperidine rings is 1. The van der Waals surface area contributed by atoms with Crippen LogP contribution in [0.5, 0.6) is 0 Å². The maximum absolute atomic E-state index is 14.0. The third-order valence-corrected chi connectivity index (χ3v) is 9.93. The standard InChI is InChI=1S/C30H34FN7/c1-18(30-10-23(11-30)26(31)12-30)33-14-24-7-20-3-2-19(6-27(20)35-24)16-37-17-34-29(36-37)22-8-25(15-32-13-22)38-5-4-21-9-28(21)38/h2-3,6-8,13,15,17-18,21,23,26,28,33,35H,4-5,9-12,14,16H2,1H3/t18?,21?,23?,26-,28?,30?/m0/s1. The van der Waals surface area contributed by atoms with Crippen LogP contribution in [0.25, 0.3) is 22.3 Å². The number of nitrogens with zero attached hydrogens (tertiary/aromatic N) is 5. The number of pyridine rings is 1. The number of aromatic nitrogens is 5. The number of fused-ring (bicyclic) bond motifs is 3. The Bertz CT molecular complexity index is 1500. The van der Waals surface area contributed by atoms with Crippen LogP contribution in [0.3, 0.4) is 0 Å². The first-order chi connectivity index (χ1) is 18.5. The number of nitrogens with one attached hydrogen (secondary N) is 2. The molecule has 9 rings (SSSR count). The van der Waals surface area contributed by atoms with Crippen LogP contribution in [0, 0.1) is 17.3 Å². The molecule has 1 aliphatic heterocycles. The molecule has 3 unspecified atom stereocenters. The fourth-order valence-electron chi connectivity index (χ4n) is 7.51. The minimum absolute atomic E-state index is 0.172. The van der Waals surface area contributed by atoms with Gasteiger partial charge in [0.15, 0.2) is 5.82 Å². The van der Waals surface area contributed by atoms with Crippen molar-refractivity contribution in [1.82, 2.24) is 30.0 Å². The van der Waals surface area contributed by atoms with Crippen molar-refractivity contribution in [2.45, 2.75) is 70.4 Å². The molecule has 4 saturated carbocycles. The molecule has 196 valence electrons. The Hall–Kier alpha value is -3.26. The van der Waals surface area contributed by atoms with Crippen LogP contribution >= 0.6 is 0 Å². The molecule has 38 heavy (non-hydrogen) atoms. The summed E-state index contributed by atoms with van der Waals surface area (Å²) < 4.78 is 15.9. The molecule has 4 atom stereocenters. The van der Waals surface area contributed by atoms with Crippen LogP contribution in [-0.4, -0.2) is 49.5 Å². The highest BCUT2D eigenvalue weighted by molar-refractivity contribution is 5.81. The summed E-state index contributed by atoms with van der Waals surface area (Å²) >= 11 is 0. The minimum atomic E-state index is -0.589. The van der Waals surface area contributed by atoms with Crippen molar-refractivity contribution in [3.63, 3.8) is 0 Å². The fraction of sp³-hybridized carbons (Fsp3) is 0.500. The lowest BCUT2D eigenvalue weighted by Gasteiger charge is -2.43. The van der Waals surface area contributed by atoms with Gasteiger partial charge in [-0.1, -0.05) is 12.1 Å². The van der Waals surface area contributed by atoms with Gasteiger partial charge in [0.1, 0.15) is 12.5 Å². The Morgan fingerprint density at radius 1 is 1.16 bits per heavy atom. The van der Waals surface area contributed by atoms with E-state index in [1.165, 1.54) is 29.5 Å². The molecule has 5 fully saturated rings. The normalized spacial score (nSPS) is 30.0. The van der Waals surface area contributed by atoms with Crippen LogP contribution in [0.4, 0.5) is 10.1 Å². The second kappa shape index (κ2) is 8.37. The largest absolute Gasteiger partial charge is 0.367 e. The summed E-state index contributed by atoms with van der Waals surface area (Å²) in [5.74, 6) is 1.92. The van der Waals surface area contributed by atoms with Crippen molar-refractivity contribution in [2.24, 2.45) is 17.3 Å². The van der Waals surface area contributed by atoms with Gasteiger partial charge in [-0.15, -0.1) is 0 Å². The predicted molar refractivity (Wildman–Crippen MR) is 145 cm³/mol. The van der Waals surface area contributed by atoms with Gasteiger partial charge in [-0.05, 0) is 85.4 Å². The van der Waals surface area contributed by atoms with Crippen molar-refractivity contribution >= 4 is 16.6 Å². The highest BCUT2D eigenvalue weighted by atomic mass is 19.1. The third-order valence-electron chi connectivity index (χ3n) is 9.93. The van der Waals surface area contributed by atoms with Gasteiger partial charge in [-0.3, -0.25) is 4.98 Å². The Labute approximate surface area is 221 Å². The summed E-state index contributed by atoms with van der Waals surface area (Å²) in [6.45, 7) is 4.78. The summed E-state index contributed by atoms with van der Waals surface area (Å²) in [4.78, 5) is 15.1. The smallest absolute Gasteiger partial charge is 0.182 e. The van der Waals surface area contributed by atoms with Crippen LogP contribution in [0.1, 0.15) is 50.3 Å². The maximum atomic E-state index is 14.0. The first kappa shape index (κ1) is 22.7. The summed E-state index contributed by atoms with van der Waals surface area (Å²) in [5, 5.41) is 9.63. The van der Waals surface area contributed by atoms with Gasteiger partial charge >= 0.3 is 0 Å². The molecule has 2 N–H and O–H groups in total. The van der Waals surface area contributed by atoms with E-state index in [0.29, 0.717) is 30.4 Å². The molecule has 7 nitrogen and oxygen atoms in total. The highest BCUT2D eigenvalue weighted by Gasteiger charge is 2.58. The van der Waals surface area contributed by atoms with Gasteiger partial charge in [0, 0.05) is 48.1 Å². The van der Waals surface area contributed by atoms with E-state index in [-0.39, 0.29) is 5.41 Å². The minimum Gasteiger partial charge on any atom is -0.367 e. The van der Waals surface area contributed by atoms with Crippen LogP contribution in [0.15, 0.2) is 49.1 Å². The SMILES string of the molecule is CC(NCc1cc2ccc(Cn3cnc(-c4cncc(N5CCC6CC65)c4)n3)cc2[nH]1)C12CC(C1)[C@@H](F)C2. The second-order valence-electron chi connectivity index (χ2n) is 12.3. The monoisotopic (exact) mass is 511 g/mol. The molecule has 1 saturated heterocycles. The summed E-state index contributed by atoms with van der Waals surface area (Å²) in [5.41, 5.74) is 5.79. The van der Waals surface area contributed by atoms with Crippen molar-refractivity contribution < 1.29 is 4.39 Å². The predicted octanol–water partition coefficient (Wildman–Crippen LogP) is 5.08. The Balaban J connectivity index is 0.937. The molecule has 3 aromatic heterocycles. The molecular weight excluding hydrogens is 477 g/mol. The van der Waals surface area contributed by atoms with Crippen molar-refractivity contribution in [3.8, 4) is 11.4 Å². The van der Waals surface area contributed by atoms with Crippen LogP contribution in [0.2, 0.25) is 0 Å². The molecule has 0 spiro atoms. The number of alkyl halides is 1. The second-order valence-corrected chi connectivity index (χ2v) is 12.3. The quantitative estimate of drug-likeness (QED) is 0.345. The van der Waals surface area contributed by atoms with Gasteiger partial charge in [0.05, 0.1) is 18.4 Å². The molecule has 2 bridgehead atoms. The summed E-state index contributed by atoms with van der Waals surface area (Å²) in [6.07, 6.45) is 10.5. The van der Waals surface area contributed by atoms with Gasteiger partial charge < -0.3 is 15.2 Å². The van der Waals surface area contributed by atoms with Crippen molar-refractivity contribution in [1.29, 1.82) is 0 Å². The van der Waals surface area contributed by atoms with E-state index in [1.54, 1.807) is 6.33 Å². The number of halogens is 1. The molecule has 8 heteroatoms. The van der Waals surface area contributed by atoms with Gasteiger partial charge in [-0.25, -0.2) is 14.1 Å². The van der Waals surface area contributed by atoms with Gasteiger partial charge in [-0.2, -0.15) is 5.10 Å². The van der Waals surface area contributed by atoms with E-state index < -0.39 is 6.17 Å². The average Bonchev–Trinajstić information content (AvgIpc) is 3.41. The van der Waals surface area contributed by atoms with Gasteiger partial charge in [0.25, 0.3) is 0 Å². The Kier molecular flexibility index (Phi) is 5.00. The Morgan fingerprint density at radius 2 is 2.08 bits per heavy atom. The van der Waals surface area contributed by atoms with E-state index in [4.69, 9.17) is 5.10 Å². The lowest BCUT2D eigenvalue weighted by atomic mass is 9.65. The number of hydrogen-bond donors (Lipinski definition) is 2. The van der Waals surface area contributed by atoms with Crippen LogP contribution < -0.4 is 10.2 Å². The third kappa shape index (κ3) is 3.75. The molecule has 0 radical (unpaired) electrons. The highest BCUT2D eigenvalue weighted by Crippen LogP contribution is 2.61. The molecule has 5 aliphatic rings. The van der Waals surface area contributed by atoms with E-state index in [2.05, 4.69) is 62.4 Å². The van der Waals surface area contributed by atoms with E-state index in [9.17, 15) is 4.39 Å². The maximum Gasteiger partial charge on any atom is 0.182 e. The molecular formula is C30H34FN7. The van der Waals surface area contributed by atoms with E-state index in [0.717, 1.165) is 55.0 Å². The topological polar surface area (TPSA) is 74.7 Å². The molecule has 4 aromatic rings. The molecule has 0 amide bonds. The number of benzene rings is 1. The molecule has 4 aliphatic carbocycles. The zero-order valence-electron chi connectivity index (χ0n) is 21.8. The number of anilines is 1. The lowest BCUT2D eigenvalue weighted by molar-refractivity contribution is 0.0886. The fourth-order valence-corrected chi connectivity index (χ4v) is 7.51. The first-order valence-electron chi connectivity index (χ1n) is 14.1. The summed E-state index contributed by atoms with van der Waals surface area (Å²) in [6, 6.07) is 12.0. The zero-order chi connectivity index (χ0) is 25.4. The zero-order valence-corrected chi connectivity index (χ0v) is 21.8. The number of H-pyrrole nitrogens is 1. The molecule has 4 heterocycles. The summed E-state index contributed by atoms with van der Waals surface area (Å²) in [7, 11) is 0. The molecule has 1 aromatic carbocycles. The van der Waals surface area contributed by atoms with Crippen molar-refractivity contribution in [3.05, 3.63) is 60.3 Å². The lowest BCUT2D eigenvalue weighted by Crippen LogP contribution is -2.46. The van der Waals surface area contributed by atoms with Gasteiger partial charge in [0.2, 0.25) is 0 Å². The number of hydrogen-bond acceptors (Lipinski definition) is 5. The number of aromatic amines is 1. The van der Waals surface area contributed by atoms with E-state index >= 15 is 0 Å². The van der Waals surface area contributed by atoms with Crippen LogP contribution in [-0.2, 0) is 13.1 Å². The average molecular weight is 512 g/mol. The Morgan fingerprint density at radius 3 is 2.87 bits per heavy atom. The van der Waals surface area contributed by atoms with Crippen molar-refractivity contribution in [2.75, 3.05) is 11.4 Å². The number of rotatable bonds is 8.